The van der Waals surface area contributed by atoms with E-state index in [1.54, 1.807) is 0 Å². The molecule has 0 spiro atoms. The molecule has 0 unspecified atom stereocenters. The summed E-state index contributed by atoms with van der Waals surface area (Å²) in [4.78, 5) is 2.29. The van der Waals surface area contributed by atoms with Gasteiger partial charge in [0.25, 0.3) is 0 Å². The van der Waals surface area contributed by atoms with Gasteiger partial charge < -0.3 is 10.2 Å². The van der Waals surface area contributed by atoms with Crippen LogP contribution in [0.25, 0.3) is 0 Å². The Morgan fingerprint density at radius 3 is 2.25 bits per heavy atom. The predicted molar refractivity (Wildman–Crippen MR) is 56.5 cm³/mol. The summed E-state index contributed by atoms with van der Waals surface area (Å²) >= 11 is 0. The van der Waals surface area contributed by atoms with Crippen molar-refractivity contribution in [3.05, 3.63) is 0 Å². The largest absolute Gasteiger partial charge is 0.310 e. The van der Waals surface area contributed by atoms with E-state index in [4.69, 9.17) is 0 Å². The predicted octanol–water partition coefficient (Wildman–Crippen LogP) is 1.14. The lowest BCUT2D eigenvalue weighted by Gasteiger charge is -2.39. The number of nitrogens with one attached hydrogen (secondary N) is 1. The van der Waals surface area contributed by atoms with Gasteiger partial charge in [0, 0.05) is 12.1 Å². The lowest BCUT2D eigenvalue weighted by molar-refractivity contribution is 0.169. The number of fused-ring (bicyclic) bond motifs is 1. The van der Waals surface area contributed by atoms with Gasteiger partial charge in [-0.2, -0.15) is 0 Å². The molecule has 2 bridgehead atoms. The highest BCUT2D eigenvalue weighted by Gasteiger charge is 2.49. The molecule has 3 rings (SSSR count). The summed E-state index contributed by atoms with van der Waals surface area (Å²) in [6.45, 7) is 2.50. The molecule has 0 atom stereocenters. The maximum atomic E-state index is 3.60. The van der Waals surface area contributed by atoms with Gasteiger partial charge in [0.2, 0.25) is 0 Å². The average Bonchev–Trinajstić information content (AvgIpc) is 2.18. The molecule has 0 amide bonds. The smallest absolute Gasteiger partial charge is 0.0314 e. The van der Waals surface area contributed by atoms with Crippen LogP contribution < -0.4 is 5.32 Å². The van der Waals surface area contributed by atoms with Gasteiger partial charge in [-0.05, 0) is 39.4 Å². The molecule has 3 aliphatic rings. The van der Waals surface area contributed by atoms with Gasteiger partial charge in [-0.15, -0.1) is 24.8 Å². The molecule has 0 aromatic carbocycles. The zero-order valence-electron chi connectivity index (χ0n) is 7.67. The van der Waals surface area contributed by atoms with Crippen molar-refractivity contribution in [1.82, 2.24) is 10.2 Å². The lowest BCUT2D eigenvalue weighted by atomic mass is 9.73. The Morgan fingerprint density at radius 2 is 1.92 bits per heavy atom. The first kappa shape index (κ1) is 12.5. The monoisotopic (exact) mass is 212 g/mol. The normalized spacial score (nSPS) is 36.8. The lowest BCUT2D eigenvalue weighted by Crippen LogP contribution is -2.50. The van der Waals surface area contributed by atoms with Crippen LogP contribution in [0.1, 0.15) is 12.8 Å². The molecule has 3 fully saturated rings. The maximum Gasteiger partial charge on any atom is 0.0314 e. The number of halogens is 2. The fourth-order valence-corrected chi connectivity index (χ4v) is 2.49. The third-order valence-electron chi connectivity index (χ3n) is 2.74. The average molecular weight is 213 g/mol. The van der Waals surface area contributed by atoms with Gasteiger partial charge >= 0.3 is 0 Å². The number of rotatable bonds is 2. The summed E-state index contributed by atoms with van der Waals surface area (Å²) in [6, 6.07) is 0. The molecule has 2 saturated heterocycles. The Labute approximate surface area is 86.9 Å². The highest BCUT2D eigenvalue weighted by molar-refractivity contribution is 5.85. The van der Waals surface area contributed by atoms with E-state index in [9.17, 15) is 0 Å². The van der Waals surface area contributed by atoms with Gasteiger partial charge in [0.05, 0.1) is 0 Å². The van der Waals surface area contributed by atoms with Crippen LogP contribution in [0.5, 0.6) is 0 Å². The van der Waals surface area contributed by atoms with E-state index in [1.807, 2.05) is 0 Å². The van der Waals surface area contributed by atoms with Crippen molar-refractivity contribution >= 4 is 24.8 Å². The summed E-state index contributed by atoms with van der Waals surface area (Å²) in [5.41, 5.74) is 0.536. The number of nitrogens with zero attached hydrogens (tertiary/aromatic N) is 1. The van der Waals surface area contributed by atoms with Crippen molar-refractivity contribution in [3.63, 3.8) is 0 Å². The van der Waals surface area contributed by atoms with E-state index < -0.39 is 0 Å². The Balaban J connectivity index is 0.000000605. The summed E-state index contributed by atoms with van der Waals surface area (Å²) in [5, 5.41) is 3.60. The highest BCUT2D eigenvalue weighted by Crippen LogP contribution is 2.43. The first-order valence-electron chi connectivity index (χ1n) is 4.10. The molecule has 2 heterocycles. The van der Waals surface area contributed by atoms with Gasteiger partial charge in [0.15, 0.2) is 0 Å². The standard InChI is InChI=1S/C8H16N2.2ClH/c1-10(2)6-8-3-7(4-8)5-9-8;;/h7,9H,3-6H2,1-2H3;2*1H. The fraction of sp³-hybridized carbons (Fsp3) is 1.00. The van der Waals surface area contributed by atoms with Crippen LogP contribution in [0.2, 0.25) is 0 Å². The Hall–Kier alpha value is 0.500. The number of likely N-dealkylation sites (N-methyl/N-ethyl adjacent to an activating group) is 1. The van der Waals surface area contributed by atoms with Crippen LogP contribution in [-0.4, -0.2) is 37.6 Å². The van der Waals surface area contributed by atoms with Gasteiger partial charge in [-0.3, -0.25) is 0 Å². The Kier molecular flexibility index (Phi) is 4.31. The van der Waals surface area contributed by atoms with E-state index in [0.29, 0.717) is 5.54 Å². The molecule has 2 nitrogen and oxygen atoms in total. The fourth-order valence-electron chi connectivity index (χ4n) is 2.49. The third kappa shape index (κ3) is 2.05. The van der Waals surface area contributed by atoms with E-state index in [2.05, 4.69) is 24.3 Å². The quantitative estimate of drug-likeness (QED) is 0.740. The van der Waals surface area contributed by atoms with Gasteiger partial charge in [-0.25, -0.2) is 0 Å². The molecule has 12 heavy (non-hydrogen) atoms. The minimum Gasteiger partial charge on any atom is -0.310 e. The van der Waals surface area contributed by atoms with Crippen LogP contribution in [0.3, 0.4) is 0 Å². The van der Waals surface area contributed by atoms with E-state index in [1.165, 1.54) is 25.9 Å². The molecule has 0 aromatic heterocycles. The van der Waals surface area contributed by atoms with Crippen molar-refractivity contribution in [2.24, 2.45) is 5.92 Å². The second-order valence-electron chi connectivity index (χ2n) is 4.17. The molecule has 1 N–H and O–H groups in total. The molecule has 74 valence electrons. The van der Waals surface area contributed by atoms with Crippen LogP contribution in [-0.2, 0) is 0 Å². The van der Waals surface area contributed by atoms with Crippen LogP contribution >= 0.6 is 24.8 Å². The minimum atomic E-state index is 0. The summed E-state index contributed by atoms with van der Waals surface area (Å²) in [5.74, 6) is 1.01. The number of hydrogen-bond donors (Lipinski definition) is 1. The number of hydrogen-bond acceptors (Lipinski definition) is 2. The Morgan fingerprint density at radius 1 is 1.33 bits per heavy atom. The Bertz CT molecular complexity index is 138. The molecule has 2 aliphatic heterocycles. The summed E-state index contributed by atoms with van der Waals surface area (Å²) in [7, 11) is 4.31. The molecular weight excluding hydrogens is 195 g/mol. The van der Waals surface area contributed by atoms with Crippen molar-refractivity contribution in [2.75, 3.05) is 27.2 Å². The molecule has 1 saturated carbocycles. The zero-order chi connectivity index (χ0) is 7.19. The minimum absolute atomic E-state index is 0. The van der Waals surface area contributed by atoms with Crippen molar-refractivity contribution in [3.8, 4) is 0 Å². The van der Waals surface area contributed by atoms with Crippen LogP contribution in [0.15, 0.2) is 0 Å². The van der Waals surface area contributed by atoms with E-state index in [0.717, 1.165) is 5.92 Å². The first-order chi connectivity index (χ1) is 4.70. The van der Waals surface area contributed by atoms with Crippen molar-refractivity contribution in [2.45, 2.75) is 18.4 Å². The summed E-state index contributed by atoms with van der Waals surface area (Å²) < 4.78 is 0. The first-order valence-corrected chi connectivity index (χ1v) is 4.10. The van der Waals surface area contributed by atoms with E-state index in [-0.39, 0.29) is 24.8 Å². The summed E-state index contributed by atoms with van der Waals surface area (Å²) in [6.07, 6.45) is 2.84. The van der Waals surface area contributed by atoms with Crippen molar-refractivity contribution in [1.29, 1.82) is 0 Å². The third-order valence-corrected chi connectivity index (χ3v) is 2.74. The molecule has 0 radical (unpaired) electrons. The van der Waals surface area contributed by atoms with Crippen LogP contribution in [0, 0.1) is 5.92 Å². The maximum absolute atomic E-state index is 3.60. The molecular formula is C8H18Cl2N2. The van der Waals surface area contributed by atoms with Gasteiger partial charge in [-0.1, -0.05) is 0 Å². The zero-order valence-corrected chi connectivity index (χ0v) is 9.30. The van der Waals surface area contributed by atoms with Crippen LogP contribution in [0.4, 0.5) is 0 Å². The second-order valence-corrected chi connectivity index (χ2v) is 4.17. The molecule has 1 aliphatic carbocycles. The molecule has 0 aromatic rings. The molecule has 4 heteroatoms. The van der Waals surface area contributed by atoms with Crippen molar-refractivity contribution < 1.29 is 0 Å². The topological polar surface area (TPSA) is 15.3 Å². The van der Waals surface area contributed by atoms with Gasteiger partial charge in [0.1, 0.15) is 0 Å². The second kappa shape index (κ2) is 4.14. The van der Waals surface area contributed by atoms with E-state index >= 15 is 0 Å². The SMILES string of the molecule is CN(C)CC12CC(CN1)C2.Cl.Cl. The highest BCUT2D eigenvalue weighted by atomic mass is 35.5.